The molecule has 0 radical (unpaired) electrons. The van der Waals surface area contributed by atoms with Crippen LogP contribution in [0.25, 0.3) is 0 Å². The van der Waals surface area contributed by atoms with Gasteiger partial charge in [-0.05, 0) is 36.4 Å². The molecular weight excluding hydrogens is 312 g/mol. The van der Waals surface area contributed by atoms with Crippen molar-refractivity contribution in [3.63, 3.8) is 0 Å². The molecule has 0 fully saturated rings. The number of nitrogens with one attached hydrogen (secondary N) is 1. The second-order valence-electron chi connectivity index (χ2n) is 5.72. The van der Waals surface area contributed by atoms with Crippen molar-refractivity contribution >= 4 is 23.2 Å². The molecule has 1 aliphatic rings. The van der Waals surface area contributed by atoms with E-state index in [1.807, 2.05) is 4.68 Å². The van der Waals surface area contributed by atoms with Crippen molar-refractivity contribution in [2.24, 2.45) is 0 Å². The summed E-state index contributed by atoms with van der Waals surface area (Å²) in [5.74, 6) is -0.106. The molecule has 2 aromatic heterocycles. The third-order valence-electron chi connectivity index (χ3n) is 4.08. The van der Waals surface area contributed by atoms with Gasteiger partial charge in [0.15, 0.2) is 5.69 Å². The number of nitrogens with zero attached hydrogens (tertiary/aromatic N) is 3. The number of amides is 2. The molecule has 3 heterocycles. The van der Waals surface area contributed by atoms with Crippen LogP contribution < -0.4 is 5.32 Å². The summed E-state index contributed by atoms with van der Waals surface area (Å²) in [5.41, 5.74) is 2.60. The molecule has 6 nitrogen and oxygen atoms in total. The van der Waals surface area contributed by atoms with Gasteiger partial charge in [-0.1, -0.05) is 0 Å². The lowest BCUT2D eigenvalue weighted by molar-refractivity contribution is -0.130. The first-order chi connectivity index (χ1) is 11.0. The second-order valence-corrected chi connectivity index (χ2v) is 6.72. The van der Waals surface area contributed by atoms with Crippen LogP contribution >= 0.6 is 11.3 Å². The lowest BCUT2D eigenvalue weighted by Gasteiger charge is -2.26. The second kappa shape index (κ2) is 6.54. The normalized spacial score (nSPS) is 13.7. The van der Waals surface area contributed by atoms with Crippen molar-refractivity contribution in [1.29, 1.82) is 0 Å². The molecule has 2 amide bonds. The highest BCUT2D eigenvalue weighted by Crippen LogP contribution is 2.16. The molecule has 1 aliphatic heterocycles. The highest BCUT2D eigenvalue weighted by Gasteiger charge is 2.21. The van der Waals surface area contributed by atoms with Gasteiger partial charge in [0, 0.05) is 24.9 Å². The highest BCUT2D eigenvalue weighted by atomic mass is 32.1. The first kappa shape index (κ1) is 15.7. The van der Waals surface area contributed by atoms with Gasteiger partial charge in [-0.25, -0.2) is 0 Å². The van der Waals surface area contributed by atoms with Crippen LogP contribution in [0.2, 0.25) is 0 Å². The Morgan fingerprint density at radius 2 is 2.22 bits per heavy atom. The van der Waals surface area contributed by atoms with Crippen LogP contribution in [0.1, 0.15) is 33.5 Å². The van der Waals surface area contributed by atoms with Gasteiger partial charge in [0.05, 0.1) is 18.8 Å². The van der Waals surface area contributed by atoms with E-state index < -0.39 is 0 Å². The monoisotopic (exact) mass is 332 g/mol. The van der Waals surface area contributed by atoms with Gasteiger partial charge in [0.25, 0.3) is 5.91 Å². The van der Waals surface area contributed by atoms with Gasteiger partial charge in [0.2, 0.25) is 5.91 Å². The third kappa shape index (κ3) is 3.44. The molecule has 0 spiro atoms. The molecule has 0 aromatic carbocycles. The van der Waals surface area contributed by atoms with E-state index in [4.69, 9.17) is 0 Å². The fourth-order valence-electron chi connectivity index (χ4n) is 2.69. The van der Waals surface area contributed by atoms with E-state index in [0.29, 0.717) is 31.9 Å². The Balaban J connectivity index is 1.58. The zero-order valence-electron chi connectivity index (χ0n) is 13.3. The average Bonchev–Trinajstić information content (AvgIpc) is 3.12. The van der Waals surface area contributed by atoms with E-state index in [1.165, 1.54) is 10.4 Å². The van der Waals surface area contributed by atoms with Crippen LogP contribution in [-0.4, -0.2) is 39.6 Å². The fourth-order valence-corrected chi connectivity index (χ4v) is 3.60. The molecule has 2 aromatic rings. The summed E-state index contributed by atoms with van der Waals surface area (Å²) >= 11 is 1.71. The molecule has 122 valence electrons. The Morgan fingerprint density at radius 3 is 2.91 bits per heavy atom. The molecule has 0 bridgehead atoms. The van der Waals surface area contributed by atoms with E-state index in [0.717, 1.165) is 12.1 Å². The topological polar surface area (TPSA) is 67.2 Å². The van der Waals surface area contributed by atoms with Crippen LogP contribution in [-0.2, 0) is 24.3 Å². The standard InChI is InChI=1S/C16H20N4O2S/c1-11-4-8-23-15(11)3-5-17-16(22)14-9-13-10-19(12(2)21)6-7-20(13)18-14/h4,8-9H,3,5-7,10H2,1-2H3,(H,17,22). The average molecular weight is 332 g/mol. The number of carbonyl (C=O) groups excluding carboxylic acids is 2. The van der Waals surface area contributed by atoms with Crippen LogP contribution in [0.5, 0.6) is 0 Å². The van der Waals surface area contributed by atoms with E-state index in [1.54, 1.807) is 29.2 Å². The first-order valence-corrected chi connectivity index (χ1v) is 8.56. The summed E-state index contributed by atoms with van der Waals surface area (Å²) in [4.78, 5) is 26.7. The summed E-state index contributed by atoms with van der Waals surface area (Å²) in [7, 11) is 0. The lowest BCUT2D eigenvalue weighted by Crippen LogP contribution is -2.36. The number of thiophene rings is 1. The molecule has 0 aliphatic carbocycles. The molecule has 23 heavy (non-hydrogen) atoms. The smallest absolute Gasteiger partial charge is 0.271 e. The number of fused-ring (bicyclic) bond motifs is 1. The number of rotatable bonds is 4. The minimum Gasteiger partial charge on any atom is -0.350 e. The Bertz CT molecular complexity index is 734. The predicted octanol–water partition coefficient (Wildman–Crippen LogP) is 1.59. The van der Waals surface area contributed by atoms with Gasteiger partial charge >= 0.3 is 0 Å². The molecule has 1 N–H and O–H groups in total. The Kier molecular flexibility index (Phi) is 4.47. The minimum absolute atomic E-state index is 0.0507. The van der Waals surface area contributed by atoms with Crippen LogP contribution in [0.15, 0.2) is 17.5 Å². The molecule has 3 rings (SSSR count). The van der Waals surface area contributed by atoms with E-state index >= 15 is 0 Å². The van der Waals surface area contributed by atoms with Gasteiger partial charge in [-0.15, -0.1) is 11.3 Å². The van der Waals surface area contributed by atoms with E-state index in [9.17, 15) is 9.59 Å². The van der Waals surface area contributed by atoms with Crippen molar-refractivity contribution in [2.45, 2.75) is 33.4 Å². The minimum atomic E-state index is -0.157. The van der Waals surface area contributed by atoms with Crippen LogP contribution in [0.3, 0.4) is 0 Å². The fraction of sp³-hybridized carbons (Fsp3) is 0.438. The SMILES string of the molecule is CC(=O)N1CCn2nc(C(=O)NCCc3sccc3C)cc2C1. The molecular formula is C16H20N4O2S. The molecule has 0 unspecified atom stereocenters. The molecule has 7 heteroatoms. The number of aryl methyl sites for hydroxylation is 1. The first-order valence-electron chi connectivity index (χ1n) is 7.68. The lowest BCUT2D eigenvalue weighted by atomic mass is 10.2. The van der Waals surface area contributed by atoms with Crippen LogP contribution in [0.4, 0.5) is 0 Å². The maximum absolute atomic E-state index is 12.2. The third-order valence-corrected chi connectivity index (χ3v) is 5.16. The van der Waals surface area contributed by atoms with Crippen molar-refractivity contribution in [3.8, 4) is 0 Å². The molecule has 0 atom stereocenters. The molecule has 0 saturated carbocycles. The van der Waals surface area contributed by atoms with Crippen molar-refractivity contribution in [1.82, 2.24) is 20.0 Å². The largest absolute Gasteiger partial charge is 0.350 e. The van der Waals surface area contributed by atoms with Gasteiger partial charge in [-0.3, -0.25) is 14.3 Å². The van der Waals surface area contributed by atoms with Gasteiger partial charge in [-0.2, -0.15) is 5.10 Å². The van der Waals surface area contributed by atoms with Crippen LogP contribution in [0, 0.1) is 6.92 Å². The predicted molar refractivity (Wildman–Crippen MR) is 88.4 cm³/mol. The zero-order chi connectivity index (χ0) is 16.4. The van der Waals surface area contributed by atoms with E-state index in [-0.39, 0.29) is 11.8 Å². The maximum atomic E-state index is 12.2. The molecule has 0 saturated heterocycles. The van der Waals surface area contributed by atoms with Crippen molar-refractivity contribution < 1.29 is 9.59 Å². The summed E-state index contributed by atoms with van der Waals surface area (Å²) in [6.07, 6.45) is 0.834. The Hall–Kier alpha value is -2.15. The van der Waals surface area contributed by atoms with Gasteiger partial charge in [0.1, 0.15) is 0 Å². The van der Waals surface area contributed by atoms with Crippen molar-refractivity contribution in [3.05, 3.63) is 39.3 Å². The highest BCUT2D eigenvalue weighted by molar-refractivity contribution is 7.10. The Labute approximate surface area is 139 Å². The summed E-state index contributed by atoms with van der Waals surface area (Å²) in [6.45, 7) is 6.04. The zero-order valence-corrected chi connectivity index (χ0v) is 14.2. The van der Waals surface area contributed by atoms with E-state index in [2.05, 4.69) is 28.8 Å². The summed E-state index contributed by atoms with van der Waals surface area (Å²) in [5, 5.41) is 9.33. The maximum Gasteiger partial charge on any atom is 0.271 e. The quantitative estimate of drug-likeness (QED) is 0.924. The number of aromatic nitrogens is 2. The number of hydrogen-bond donors (Lipinski definition) is 1. The Morgan fingerprint density at radius 1 is 1.39 bits per heavy atom. The number of carbonyl (C=O) groups is 2. The van der Waals surface area contributed by atoms with Crippen molar-refractivity contribution in [2.75, 3.05) is 13.1 Å². The summed E-state index contributed by atoms with van der Waals surface area (Å²) < 4.78 is 1.82. The number of hydrogen-bond acceptors (Lipinski definition) is 4. The van der Waals surface area contributed by atoms with Gasteiger partial charge < -0.3 is 10.2 Å². The summed E-state index contributed by atoms with van der Waals surface area (Å²) in [6, 6.07) is 3.87.